The molecular weight excluding hydrogens is 424 g/mol. The number of aromatic nitrogens is 1. The van der Waals surface area contributed by atoms with E-state index < -0.39 is 5.97 Å². The van der Waals surface area contributed by atoms with Crippen molar-refractivity contribution >= 4 is 11.7 Å². The van der Waals surface area contributed by atoms with Gasteiger partial charge in [0.15, 0.2) is 0 Å². The molecule has 0 aliphatic heterocycles. The first-order chi connectivity index (χ1) is 16.5. The molecule has 1 aromatic carbocycles. The maximum Gasteiger partial charge on any atom is 0.306 e. The van der Waals surface area contributed by atoms with Gasteiger partial charge in [-0.05, 0) is 81.5 Å². The molecule has 1 saturated carbocycles. The molecule has 178 valence electrons. The number of carboxylic acids is 1. The van der Waals surface area contributed by atoms with Crippen LogP contribution >= 0.6 is 0 Å². The van der Waals surface area contributed by atoms with Crippen LogP contribution in [0.15, 0.2) is 71.0 Å². The normalized spacial score (nSPS) is 22.0. The van der Waals surface area contributed by atoms with E-state index in [1.807, 2.05) is 19.1 Å². The van der Waals surface area contributed by atoms with Crippen LogP contribution < -0.4 is 0 Å². The number of carbonyl (C=O) groups is 1. The quantitative estimate of drug-likeness (QED) is 0.272. The monoisotopic (exact) mass is 458 g/mol. The summed E-state index contributed by atoms with van der Waals surface area (Å²) in [4.78, 5) is 15.6. The molecule has 0 amide bonds. The van der Waals surface area contributed by atoms with Gasteiger partial charge in [-0.2, -0.15) is 0 Å². The number of rotatable bonds is 7. The molecule has 0 radical (unpaired) electrons. The van der Waals surface area contributed by atoms with Gasteiger partial charge in [-0.15, -0.1) is 0 Å². The van der Waals surface area contributed by atoms with Crippen LogP contribution in [0.5, 0.6) is 0 Å². The zero-order valence-corrected chi connectivity index (χ0v) is 20.1. The molecule has 1 fully saturated rings. The molecule has 0 unspecified atom stereocenters. The number of aryl methyl sites for hydroxylation is 1. The molecule has 1 heterocycles. The molecule has 34 heavy (non-hydrogen) atoms. The molecule has 4 rings (SSSR count). The van der Waals surface area contributed by atoms with Crippen molar-refractivity contribution in [2.45, 2.75) is 70.6 Å². The Morgan fingerprint density at radius 3 is 2.47 bits per heavy atom. The highest BCUT2D eigenvalue weighted by molar-refractivity contribution is 6.00. The van der Waals surface area contributed by atoms with Gasteiger partial charge in [0.25, 0.3) is 0 Å². The van der Waals surface area contributed by atoms with Crippen LogP contribution in [0.4, 0.5) is 0 Å². The Labute approximate surface area is 201 Å². The average molecular weight is 459 g/mol. The third-order valence-corrected chi connectivity index (χ3v) is 7.51. The summed E-state index contributed by atoms with van der Waals surface area (Å²) in [6.45, 7) is 4.11. The number of allylic oxidation sites excluding steroid dienone is 4. The van der Waals surface area contributed by atoms with Crippen molar-refractivity contribution in [3.63, 3.8) is 0 Å². The van der Waals surface area contributed by atoms with E-state index in [-0.39, 0.29) is 11.8 Å². The third kappa shape index (κ3) is 5.46. The molecule has 2 aliphatic rings. The minimum atomic E-state index is -0.660. The predicted molar refractivity (Wildman–Crippen MR) is 135 cm³/mol. The summed E-state index contributed by atoms with van der Waals surface area (Å²) in [5, 5.41) is 22.9. The number of carboxylic acid groups (broad SMARTS) is 1. The number of benzene rings is 1. The van der Waals surface area contributed by atoms with Gasteiger partial charge in [0, 0.05) is 29.8 Å². The van der Waals surface area contributed by atoms with Gasteiger partial charge in [-0.3, -0.25) is 9.78 Å². The fourth-order valence-electron chi connectivity index (χ4n) is 5.50. The fraction of sp³-hybridized carbons (Fsp3) is 0.414. The number of nitrogens with zero attached hydrogens (tertiary/aromatic N) is 2. The molecular formula is C29H34N2O3. The lowest BCUT2D eigenvalue weighted by atomic mass is 9.77. The van der Waals surface area contributed by atoms with Crippen LogP contribution in [-0.2, 0) is 4.79 Å². The van der Waals surface area contributed by atoms with E-state index >= 15 is 0 Å². The van der Waals surface area contributed by atoms with Crippen LogP contribution in [0.3, 0.4) is 0 Å². The summed E-state index contributed by atoms with van der Waals surface area (Å²) < 4.78 is 0. The minimum absolute atomic E-state index is 0.126. The third-order valence-electron chi connectivity index (χ3n) is 7.51. The van der Waals surface area contributed by atoms with Crippen molar-refractivity contribution < 1.29 is 15.1 Å². The lowest BCUT2D eigenvalue weighted by Crippen LogP contribution is -2.20. The highest BCUT2D eigenvalue weighted by Crippen LogP contribution is 2.39. The van der Waals surface area contributed by atoms with Crippen LogP contribution in [0.1, 0.15) is 86.1 Å². The lowest BCUT2D eigenvalue weighted by Gasteiger charge is -2.28. The topological polar surface area (TPSA) is 82.8 Å². The zero-order valence-electron chi connectivity index (χ0n) is 20.1. The summed E-state index contributed by atoms with van der Waals surface area (Å²) in [6, 6.07) is 12.7. The van der Waals surface area contributed by atoms with E-state index in [2.05, 4.69) is 53.5 Å². The van der Waals surface area contributed by atoms with Gasteiger partial charge in [-0.25, -0.2) is 0 Å². The number of pyridine rings is 1. The summed E-state index contributed by atoms with van der Waals surface area (Å²) in [5.74, 6) is -0.299. The summed E-state index contributed by atoms with van der Waals surface area (Å²) in [7, 11) is 0. The lowest BCUT2D eigenvalue weighted by molar-refractivity contribution is -0.142. The number of hydrogen-bond acceptors (Lipinski definition) is 4. The minimum Gasteiger partial charge on any atom is -0.481 e. The van der Waals surface area contributed by atoms with E-state index in [1.54, 1.807) is 6.20 Å². The molecule has 0 saturated heterocycles. The Morgan fingerprint density at radius 1 is 1.12 bits per heavy atom. The van der Waals surface area contributed by atoms with Gasteiger partial charge in [0.1, 0.15) is 0 Å². The highest BCUT2D eigenvalue weighted by atomic mass is 16.4. The van der Waals surface area contributed by atoms with Crippen LogP contribution in [0, 0.1) is 12.8 Å². The van der Waals surface area contributed by atoms with Gasteiger partial charge in [0.2, 0.25) is 0 Å². The molecule has 1 aromatic heterocycles. The second-order valence-corrected chi connectivity index (χ2v) is 9.69. The largest absolute Gasteiger partial charge is 0.481 e. The summed E-state index contributed by atoms with van der Waals surface area (Å²) >= 11 is 0. The second kappa shape index (κ2) is 10.8. The first-order valence-electron chi connectivity index (χ1n) is 12.3. The first-order valence-corrected chi connectivity index (χ1v) is 12.3. The van der Waals surface area contributed by atoms with Gasteiger partial charge >= 0.3 is 5.97 Å². The standard InChI is InChI=1S/C29H34N2O3/c1-19-5-3-4-6-26(19)27(18-28(31-34)25-15-16-30-20(2)17-25)23-11-7-21(8-12-23)22-9-13-24(14-10-22)29(32)33/h3,5,7-8,11-12,15-17,22,24,27,34H,4,6,9-10,13-14,18H2,1-2H3,(H,32,33)/b31-28+/t22-,24-,27-/m1/s1. The highest BCUT2D eigenvalue weighted by Gasteiger charge is 2.27. The van der Waals surface area contributed by atoms with Crippen molar-refractivity contribution in [2.75, 3.05) is 0 Å². The van der Waals surface area contributed by atoms with Gasteiger partial charge in [0.05, 0.1) is 11.6 Å². The SMILES string of the molecule is CC1=C([C@H](C/C(=N\O)c2ccnc(C)c2)c2ccc([C@H]3CC[C@H](C(=O)O)CC3)cc2)CCC=C1. The molecule has 2 aliphatic carbocycles. The summed E-state index contributed by atoms with van der Waals surface area (Å²) in [6.07, 6.45) is 12.2. The fourth-order valence-corrected chi connectivity index (χ4v) is 5.50. The van der Waals surface area contributed by atoms with E-state index in [9.17, 15) is 15.1 Å². The number of hydrogen-bond donors (Lipinski definition) is 2. The zero-order chi connectivity index (χ0) is 24.1. The molecule has 2 aromatic rings. The van der Waals surface area contributed by atoms with Crippen molar-refractivity contribution in [1.29, 1.82) is 0 Å². The predicted octanol–water partition coefficient (Wildman–Crippen LogP) is 6.77. The van der Waals surface area contributed by atoms with Crippen molar-refractivity contribution in [1.82, 2.24) is 4.98 Å². The van der Waals surface area contributed by atoms with E-state index in [4.69, 9.17) is 0 Å². The molecule has 5 heteroatoms. The Kier molecular flexibility index (Phi) is 7.61. The second-order valence-electron chi connectivity index (χ2n) is 9.69. The maximum atomic E-state index is 11.3. The average Bonchev–Trinajstić information content (AvgIpc) is 2.86. The van der Waals surface area contributed by atoms with Crippen molar-refractivity contribution in [2.24, 2.45) is 11.1 Å². The smallest absolute Gasteiger partial charge is 0.306 e. The van der Waals surface area contributed by atoms with Crippen molar-refractivity contribution in [3.8, 4) is 0 Å². The first kappa shape index (κ1) is 23.9. The maximum absolute atomic E-state index is 11.3. The van der Waals surface area contributed by atoms with Gasteiger partial charge in [-0.1, -0.05) is 52.7 Å². The number of aliphatic carboxylic acids is 1. The molecule has 2 N–H and O–H groups in total. The van der Waals surface area contributed by atoms with Crippen LogP contribution in [0.2, 0.25) is 0 Å². The molecule has 0 spiro atoms. The van der Waals surface area contributed by atoms with Crippen LogP contribution in [-0.4, -0.2) is 27.0 Å². The summed E-state index contributed by atoms with van der Waals surface area (Å²) in [5.41, 5.74) is 7.66. The van der Waals surface area contributed by atoms with E-state index in [0.29, 0.717) is 18.1 Å². The Balaban J connectivity index is 1.60. The van der Waals surface area contributed by atoms with Gasteiger partial charge < -0.3 is 10.3 Å². The van der Waals surface area contributed by atoms with E-state index in [1.165, 1.54) is 22.3 Å². The number of oxime groups is 1. The Morgan fingerprint density at radius 2 is 1.85 bits per heavy atom. The molecule has 5 nitrogen and oxygen atoms in total. The Bertz CT molecular complexity index is 1110. The van der Waals surface area contributed by atoms with Crippen LogP contribution in [0.25, 0.3) is 0 Å². The molecule has 0 bridgehead atoms. The molecule has 1 atom stereocenters. The van der Waals surface area contributed by atoms with Crippen molar-refractivity contribution in [3.05, 3.63) is 88.3 Å². The van der Waals surface area contributed by atoms with E-state index in [0.717, 1.165) is 49.8 Å². The Hall–Kier alpha value is -3.21.